The Hall–Kier alpha value is -1.64. The minimum atomic E-state index is 0.415. The summed E-state index contributed by atoms with van der Waals surface area (Å²) in [6.07, 6.45) is 4.84. The Morgan fingerprint density at radius 3 is 2.21 bits per heavy atom. The Kier molecular flexibility index (Phi) is 4.68. The average Bonchev–Trinajstić information content (AvgIpc) is 2.80. The van der Waals surface area contributed by atoms with Crippen molar-refractivity contribution in [2.45, 2.75) is 44.7 Å². The number of benzene rings is 2. The van der Waals surface area contributed by atoms with Crippen LogP contribution in [0.5, 0.6) is 0 Å². The number of hydrogen-bond acceptors (Lipinski definition) is 2. The van der Waals surface area contributed by atoms with Crippen molar-refractivity contribution >= 4 is 0 Å². The van der Waals surface area contributed by atoms with Gasteiger partial charge >= 0.3 is 0 Å². The lowest BCUT2D eigenvalue weighted by molar-refractivity contribution is 0.117. The summed E-state index contributed by atoms with van der Waals surface area (Å²) in [7, 11) is 0. The first-order chi connectivity index (χ1) is 11.9. The average molecular weight is 320 g/mol. The molecule has 1 aliphatic carbocycles. The smallest absolute Gasteiger partial charge is 0.0610 e. The monoisotopic (exact) mass is 320 g/mol. The molecule has 24 heavy (non-hydrogen) atoms. The van der Waals surface area contributed by atoms with E-state index in [1.807, 2.05) is 0 Å². The third kappa shape index (κ3) is 2.89. The molecule has 4 rings (SSSR count). The molecule has 1 atom stereocenters. The number of hydrogen-bond donors (Lipinski definition) is 1. The molecular formula is C22H28N2. The molecule has 1 saturated heterocycles. The molecule has 2 aliphatic rings. The molecule has 2 nitrogen and oxygen atoms in total. The van der Waals surface area contributed by atoms with Crippen molar-refractivity contribution in [3.63, 3.8) is 0 Å². The molecule has 126 valence electrons. The predicted molar refractivity (Wildman–Crippen MR) is 100 cm³/mol. The highest BCUT2D eigenvalue weighted by Gasteiger charge is 2.33. The van der Waals surface area contributed by atoms with Gasteiger partial charge in [0.1, 0.15) is 0 Å². The maximum absolute atomic E-state index is 3.61. The predicted octanol–water partition coefficient (Wildman–Crippen LogP) is 3.95. The van der Waals surface area contributed by atoms with E-state index in [-0.39, 0.29) is 0 Å². The molecule has 0 bridgehead atoms. The molecule has 1 N–H and O–H groups in total. The van der Waals surface area contributed by atoms with Gasteiger partial charge in [0, 0.05) is 25.7 Å². The van der Waals surface area contributed by atoms with Crippen LogP contribution in [0.25, 0.3) is 0 Å². The molecule has 2 heteroatoms. The van der Waals surface area contributed by atoms with E-state index in [4.69, 9.17) is 0 Å². The molecule has 0 saturated carbocycles. The molecule has 0 aromatic heterocycles. The summed E-state index contributed by atoms with van der Waals surface area (Å²) < 4.78 is 0. The van der Waals surface area contributed by atoms with Crippen LogP contribution in [0.4, 0.5) is 0 Å². The van der Waals surface area contributed by atoms with Gasteiger partial charge in [-0.25, -0.2) is 0 Å². The van der Waals surface area contributed by atoms with Crippen LogP contribution in [-0.2, 0) is 12.8 Å². The molecule has 2 aromatic rings. The zero-order chi connectivity index (χ0) is 16.4. The van der Waals surface area contributed by atoms with Gasteiger partial charge in [0.15, 0.2) is 0 Å². The molecule has 1 fully saturated rings. The largest absolute Gasteiger partial charge is 0.314 e. The second-order valence-electron chi connectivity index (χ2n) is 7.18. The van der Waals surface area contributed by atoms with E-state index in [0.717, 1.165) is 32.5 Å². The molecule has 2 aromatic carbocycles. The van der Waals surface area contributed by atoms with Crippen LogP contribution >= 0.6 is 0 Å². The normalized spacial score (nSPS) is 21.8. The molecule has 0 radical (unpaired) electrons. The molecule has 1 heterocycles. The van der Waals surface area contributed by atoms with Gasteiger partial charge in [-0.05, 0) is 41.5 Å². The summed E-state index contributed by atoms with van der Waals surface area (Å²) in [4.78, 5) is 2.78. The lowest BCUT2D eigenvalue weighted by Crippen LogP contribution is -2.52. The van der Waals surface area contributed by atoms with Crippen molar-refractivity contribution in [2.24, 2.45) is 0 Å². The summed E-state index contributed by atoms with van der Waals surface area (Å²) in [6, 6.07) is 19.3. The van der Waals surface area contributed by atoms with Gasteiger partial charge in [-0.3, -0.25) is 4.90 Å². The summed E-state index contributed by atoms with van der Waals surface area (Å²) >= 11 is 0. The Bertz CT molecular complexity index is 644. The van der Waals surface area contributed by atoms with Crippen LogP contribution in [0, 0.1) is 0 Å². The van der Waals surface area contributed by atoms with Gasteiger partial charge in [-0.2, -0.15) is 0 Å². The number of nitrogens with zero attached hydrogens (tertiary/aromatic N) is 1. The van der Waals surface area contributed by atoms with Crippen molar-refractivity contribution < 1.29 is 0 Å². The van der Waals surface area contributed by atoms with Gasteiger partial charge in [0.05, 0.1) is 6.04 Å². The third-order valence-electron chi connectivity index (χ3n) is 5.71. The zero-order valence-electron chi connectivity index (χ0n) is 14.7. The van der Waals surface area contributed by atoms with Crippen LogP contribution in [0.1, 0.15) is 48.1 Å². The van der Waals surface area contributed by atoms with Crippen LogP contribution in [0.3, 0.4) is 0 Å². The van der Waals surface area contributed by atoms with Gasteiger partial charge in [-0.1, -0.05) is 61.9 Å². The van der Waals surface area contributed by atoms with Gasteiger partial charge in [0.25, 0.3) is 0 Å². The fourth-order valence-electron chi connectivity index (χ4n) is 4.57. The number of nitrogens with one attached hydrogen (secondary N) is 1. The van der Waals surface area contributed by atoms with Crippen molar-refractivity contribution in [1.82, 2.24) is 10.2 Å². The van der Waals surface area contributed by atoms with Gasteiger partial charge < -0.3 is 5.32 Å². The number of piperazine rings is 1. The second-order valence-corrected chi connectivity index (χ2v) is 7.18. The molecule has 0 amide bonds. The summed E-state index contributed by atoms with van der Waals surface area (Å²) in [5, 5.41) is 3.61. The third-order valence-corrected chi connectivity index (χ3v) is 5.71. The quantitative estimate of drug-likeness (QED) is 0.921. The Balaban J connectivity index is 1.83. The van der Waals surface area contributed by atoms with Crippen LogP contribution in [-0.4, -0.2) is 30.6 Å². The molecule has 1 unspecified atom stereocenters. The summed E-state index contributed by atoms with van der Waals surface area (Å²) in [5.74, 6) is 0. The SMILES string of the molecule is CCCC1CNCCN1C1c2ccccc2CCc2ccccc21. The van der Waals surface area contributed by atoms with Crippen molar-refractivity contribution in [2.75, 3.05) is 19.6 Å². The first-order valence-corrected chi connectivity index (χ1v) is 9.50. The zero-order valence-corrected chi connectivity index (χ0v) is 14.7. The highest BCUT2D eigenvalue weighted by Crippen LogP contribution is 2.38. The minimum absolute atomic E-state index is 0.415. The topological polar surface area (TPSA) is 15.3 Å². The number of aryl methyl sites for hydroxylation is 2. The van der Waals surface area contributed by atoms with Crippen molar-refractivity contribution in [3.05, 3.63) is 70.8 Å². The number of fused-ring (bicyclic) bond motifs is 2. The van der Waals surface area contributed by atoms with Gasteiger partial charge in [-0.15, -0.1) is 0 Å². The standard InChI is InChI=1S/C22H28N2/c1-2-7-19-16-23-14-15-24(19)22-20-10-5-3-8-17(20)12-13-18-9-4-6-11-21(18)22/h3-6,8-11,19,22-23H,2,7,12-16H2,1H3. The van der Waals surface area contributed by atoms with Crippen LogP contribution < -0.4 is 5.32 Å². The summed E-state index contributed by atoms with van der Waals surface area (Å²) in [6.45, 7) is 5.66. The Morgan fingerprint density at radius 1 is 0.958 bits per heavy atom. The van der Waals surface area contributed by atoms with Gasteiger partial charge in [0.2, 0.25) is 0 Å². The van der Waals surface area contributed by atoms with E-state index in [2.05, 4.69) is 65.7 Å². The van der Waals surface area contributed by atoms with E-state index in [0.29, 0.717) is 12.1 Å². The number of rotatable bonds is 3. The lowest BCUT2D eigenvalue weighted by Gasteiger charge is -2.42. The Labute approximate surface area is 145 Å². The van der Waals surface area contributed by atoms with Crippen LogP contribution in [0.15, 0.2) is 48.5 Å². The van der Waals surface area contributed by atoms with E-state index >= 15 is 0 Å². The fourth-order valence-corrected chi connectivity index (χ4v) is 4.57. The molecule has 0 spiro atoms. The lowest BCUT2D eigenvalue weighted by atomic mass is 9.91. The van der Waals surface area contributed by atoms with E-state index in [1.54, 1.807) is 0 Å². The van der Waals surface area contributed by atoms with Crippen LogP contribution in [0.2, 0.25) is 0 Å². The second kappa shape index (κ2) is 7.08. The van der Waals surface area contributed by atoms with E-state index in [9.17, 15) is 0 Å². The summed E-state index contributed by atoms with van der Waals surface area (Å²) in [5.41, 5.74) is 6.14. The highest BCUT2D eigenvalue weighted by molar-refractivity contribution is 5.44. The van der Waals surface area contributed by atoms with Crippen molar-refractivity contribution in [3.8, 4) is 0 Å². The Morgan fingerprint density at radius 2 is 1.58 bits per heavy atom. The maximum Gasteiger partial charge on any atom is 0.0610 e. The minimum Gasteiger partial charge on any atom is -0.314 e. The van der Waals surface area contributed by atoms with Crippen molar-refractivity contribution in [1.29, 1.82) is 0 Å². The molecule has 1 aliphatic heterocycles. The first-order valence-electron chi connectivity index (χ1n) is 9.50. The maximum atomic E-state index is 3.61. The highest BCUT2D eigenvalue weighted by atomic mass is 15.2. The van der Waals surface area contributed by atoms with E-state index in [1.165, 1.54) is 35.1 Å². The van der Waals surface area contributed by atoms with E-state index < -0.39 is 0 Å². The first kappa shape index (κ1) is 15.9. The fraction of sp³-hybridized carbons (Fsp3) is 0.455. The molecular weight excluding hydrogens is 292 g/mol.